The zero-order chi connectivity index (χ0) is 42.1. The average molecular weight is 814 g/mol. The van der Waals surface area contributed by atoms with Gasteiger partial charge in [0.1, 0.15) is 0 Å². The number of hydrogen-bond acceptors (Lipinski definition) is 3. The summed E-state index contributed by atoms with van der Waals surface area (Å²) in [7, 11) is 0. The first kappa shape index (κ1) is 36.2. The van der Waals surface area contributed by atoms with Crippen LogP contribution in [0, 0.1) is 0 Å². The van der Waals surface area contributed by atoms with Crippen LogP contribution in [0.15, 0.2) is 237 Å². The lowest BCUT2D eigenvalue weighted by Gasteiger charge is -2.26. The van der Waals surface area contributed by atoms with E-state index >= 15 is 0 Å². The van der Waals surface area contributed by atoms with E-state index in [1.807, 2.05) is 0 Å². The number of benzene rings is 13. The number of nitrogens with zero attached hydrogens (tertiary/aromatic N) is 3. The van der Waals surface area contributed by atoms with Gasteiger partial charge in [0.15, 0.2) is 0 Å². The number of anilines is 6. The summed E-state index contributed by atoms with van der Waals surface area (Å²) in [5.41, 5.74) is 8.61. The molecular formula is C61H39N3. The molecule has 0 bridgehead atoms. The van der Waals surface area contributed by atoms with Crippen LogP contribution in [0.4, 0.5) is 34.1 Å². The quantitative estimate of drug-likeness (QED) is 0.123. The Labute approximate surface area is 370 Å². The lowest BCUT2D eigenvalue weighted by atomic mass is 9.83. The molecule has 0 aliphatic carbocycles. The fourth-order valence-corrected chi connectivity index (χ4v) is 10.2. The third-order valence-electron chi connectivity index (χ3n) is 13.0. The molecule has 0 spiro atoms. The van der Waals surface area contributed by atoms with Crippen molar-refractivity contribution in [3.63, 3.8) is 0 Å². The minimum absolute atomic E-state index is 0.980. The van der Waals surface area contributed by atoms with Crippen LogP contribution in [0.1, 0.15) is 0 Å². The standard InChI is InChI=1S/C37H27N3.C24H12/c1-5-13-30(14-6-1)39(31-15-7-2-8-16-31)34-21-23-36-28(26-34)25-29-27-35(22-24-37(29)38-36)40(32-17-9-3-10-18-32)33-19-11-4-12-20-33;1-2-14-5-6-16-9-11-18-12-10-17-8-7-15-4-3-13(1)19-20(14)22(16)24(18)23(17)21(15)19/h1-27H;1-12H. The highest BCUT2D eigenvalue weighted by molar-refractivity contribution is 6.44. The Bertz CT molecular complexity index is 3330. The Morgan fingerprint density at radius 2 is 0.453 bits per heavy atom. The molecule has 0 amide bonds. The Morgan fingerprint density at radius 1 is 0.203 bits per heavy atom. The van der Waals surface area contributed by atoms with Crippen LogP contribution in [0.25, 0.3) is 86.4 Å². The molecule has 0 aliphatic rings. The normalized spacial score (nSPS) is 11.8. The summed E-state index contributed by atoms with van der Waals surface area (Å²) in [6, 6.07) is 84.5. The van der Waals surface area contributed by atoms with E-state index in [9.17, 15) is 0 Å². The van der Waals surface area contributed by atoms with Gasteiger partial charge in [-0.2, -0.15) is 0 Å². The van der Waals surface area contributed by atoms with Gasteiger partial charge in [0.25, 0.3) is 0 Å². The van der Waals surface area contributed by atoms with Gasteiger partial charge in [0.05, 0.1) is 11.0 Å². The fraction of sp³-hybridized carbons (Fsp3) is 0. The topological polar surface area (TPSA) is 19.4 Å². The minimum Gasteiger partial charge on any atom is -0.310 e. The van der Waals surface area contributed by atoms with Crippen molar-refractivity contribution >= 4 is 121 Å². The van der Waals surface area contributed by atoms with Crippen LogP contribution in [0.3, 0.4) is 0 Å². The maximum Gasteiger partial charge on any atom is 0.0711 e. The van der Waals surface area contributed by atoms with Gasteiger partial charge in [0, 0.05) is 44.9 Å². The second-order valence-electron chi connectivity index (χ2n) is 16.7. The summed E-state index contributed by atoms with van der Waals surface area (Å²) in [5, 5.41) is 18.9. The van der Waals surface area contributed by atoms with Crippen LogP contribution in [-0.2, 0) is 0 Å². The predicted molar refractivity (Wildman–Crippen MR) is 274 cm³/mol. The highest BCUT2D eigenvalue weighted by Gasteiger charge is 2.20. The second-order valence-corrected chi connectivity index (χ2v) is 16.7. The van der Waals surface area contributed by atoms with E-state index in [2.05, 4.69) is 246 Å². The number of pyridine rings is 1. The summed E-state index contributed by atoms with van der Waals surface area (Å²) in [6.07, 6.45) is 0. The third kappa shape index (κ3) is 5.79. The van der Waals surface area contributed by atoms with Crippen molar-refractivity contribution in [2.24, 2.45) is 0 Å². The highest BCUT2D eigenvalue weighted by atomic mass is 15.1. The molecule has 1 heterocycles. The number of rotatable bonds is 6. The largest absolute Gasteiger partial charge is 0.310 e. The van der Waals surface area contributed by atoms with Crippen molar-refractivity contribution in [2.75, 3.05) is 9.80 Å². The van der Waals surface area contributed by atoms with E-state index < -0.39 is 0 Å². The maximum atomic E-state index is 5.03. The molecule has 0 fully saturated rings. The fourth-order valence-electron chi connectivity index (χ4n) is 10.2. The lowest BCUT2D eigenvalue weighted by Crippen LogP contribution is -2.10. The smallest absolute Gasteiger partial charge is 0.0711 e. The first-order valence-electron chi connectivity index (χ1n) is 21.9. The molecule has 13 aromatic carbocycles. The maximum absolute atomic E-state index is 5.03. The molecule has 3 nitrogen and oxygen atoms in total. The Morgan fingerprint density at radius 3 is 0.703 bits per heavy atom. The van der Waals surface area contributed by atoms with Crippen LogP contribution < -0.4 is 9.80 Å². The van der Waals surface area contributed by atoms with Crippen LogP contribution in [0.5, 0.6) is 0 Å². The van der Waals surface area contributed by atoms with E-state index in [0.717, 1.165) is 55.9 Å². The number of hydrogen-bond donors (Lipinski definition) is 0. The molecule has 298 valence electrons. The number of aromatic nitrogens is 1. The van der Waals surface area contributed by atoms with E-state index in [1.165, 1.54) is 64.6 Å². The van der Waals surface area contributed by atoms with Crippen molar-refractivity contribution in [2.45, 2.75) is 0 Å². The van der Waals surface area contributed by atoms with Gasteiger partial charge >= 0.3 is 0 Å². The van der Waals surface area contributed by atoms with Crippen molar-refractivity contribution < 1.29 is 0 Å². The number of fused-ring (bicyclic) bond motifs is 2. The average Bonchev–Trinajstić information content (AvgIpc) is 3.36. The molecule has 0 saturated carbocycles. The molecule has 14 rings (SSSR count). The molecule has 3 heteroatoms. The zero-order valence-electron chi connectivity index (χ0n) is 34.9. The van der Waals surface area contributed by atoms with Crippen LogP contribution in [-0.4, -0.2) is 4.98 Å². The molecule has 0 unspecified atom stereocenters. The van der Waals surface area contributed by atoms with Gasteiger partial charge in [-0.3, -0.25) is 0 Å². The summed E-state index contributed by atoms with van der Waals surface area (Å²) in [5.74, 6) is 0. The van der Waals surface area contributed by atoms with Crippen LogP contribution in [0.2, 0.25) is 0 Å². The molecule has 14 aromatic rings. The predicted octanol–water partition coefficient (Wildman–Crippen LogP) is 17.2. The highest BCUT2D eigenvalue weighted by Crippen LogP contribution is 2.48. The first-order chi connectivity index (χ1) is 31.7. The Hall–Kier alpha value is -8.53. The van der Waals surface area contributed by atoms with Gasteiger partial charge in [-0.05, 0) is 156 Å². The molecule has 0 atom stereocenters. The summed E-state index contributed by atoms with van der Waals surface area (Å²) in [4.78, 5) is 9.60. The number of para-hydroxylation sites is 4. The minimum atomic E-state index is 0.980. The molecular weight excluding hydrogens is 775 g/mol. The van der Waals surface area contributed by atoms with Gasteiger partial charge in [-0.1, -0.05) is 146 Å². The lowest BCUT2D eigenvalue weighted by molar-refractivity contribution is 1.28. The molecule has 64 heavy (non-hydrogen) atoms. The van der Waals surface area contributed by atoms with E-state index in [0.29, 0.717) is 0 Å². The summed E-state index contributed by atoms with van der Waals surface area (Å²) in [6.45, 7) is 0. The first-order valence-corrected chi connectivity index (χ1v) is 21.9. The van der Waals surface area contributed by atoms with Gasteiger partial charge in [0.2, 0.25) is 0 Å². The SMILES string of the molecule is c1cc2ccc3ccc4ccc5ccc6ccc1c1c2c3c4c5c61.c1ccc(N(c2ccccc2)c2ccc3nc4ccc(N(c5ccccc5)c5ccccc5)cc4cc3c2)cc1. The van der Waals surface area contributed by atoms with E-state index in [-0.39, 0.29) is 0 Å². The molecule has 0 saturated heterocycles. The molecule has 1 aromatic heterocycles. The third-order valence-corrected chi connectivity index (χ3v) is 13.0. The Kier molecular flexibility index (Phi) is 8.22. The molecule has 0 radical (unpaired) electrons. The van der Waals surface area contributed by atoms with Gasteiger partial charge in [-0.25, -0.2) is 4.98 Å². The summed E-state index contributed by atoms with van der Waals surface area (Å²) >= 11 is 0. The van der Waals surface area contributed by atoms with Crippen molar-refractivity contribution in [1.82, 2.24) is 4.98 Å². The zero-order valence-corrected chi connectivity index (χ0v) is 34.9. The van der Waals surface area contributed by atoms with Crippen molar-refractivity contribution in [3.05, 3.63) is 237 Å². The van der Waals surface area contributed by atoms with Crippen LogP contribution >= 0.6 is 0 Å². The Balaban J connectivity index is 0.000000145. The van der Waals surface area contributed by atoms with Crippen molar-refractivity contribution in [3.8, 4) is 0 Å². The van der Waals surface area contributed by atoms with E-state index in [4.69, 9.17) is 4.98 Å². The van der Waals surface area contributed by atoms with Gasteiger partial charge in [-0.15, -0.1) is 0 Å². The second kappa shape index (κ2) is 14.5. The van der Waals surface area contributed by atoms with Crippen molar-refractivity contribution in [1.29, 1.82) is 0 Å². The molecule has 0 N–H and O–H groups in total. The summed E-state index contributed by atoms with van der Waals surface area (Å²) < 4.78 is 0. The van der Waals surface area contributed by atoms with Gasteiger partial charge < -0.3 is 9.80 Å². The monoisotopic (exact) mass is 813 g/mol. The molecule has 0 aliphatic heterocycles. The van der Waals surface area contributed by atoms with E-state index in [1.54, 1.807) is 0 Å².